The van der Waals surface area contributed by atoms with E-state index < -0.39 is 24.2 Å². The van der Waals surface area contributed by atoms with Gasteiger partial charge < -0.3 is 34.8 Å². The molecule has 2 aromatic carbocycles. The number of rotatable bonds is 10. The molecule has 3 heterocycles. The number of nitrogens with one attached hydrogen (secondary N) is 3. The zero-order valence-electron chi connectivity index (χ0n) is 27.9. The number of benzene rings is 2. The van der Waals surface area contributed by atoms with Gasteiger partial charge in [0.25, 0.3) is 0 Å². The molecule has 2 aliphatic carbocycles. The Hall–Kier alpha value is -4.97. The van der Waals surface area contributed by atoms with Crippen LogP contribution in [0.3, 0.4) is 0 Å². The molecule has 3 unspecified atom stereocenters. The standard InChI is InChI=1S/C37H42N6O6/c1-20(48-2)32(42-37(47)49-3)35(44)43-16-4-5-29(43)33-38-18-27(40-33)23-10-6-21(7-11-23)22-8-12-24(13-9-22)28-19-39-34(41-28)30-25-14-15-26(17-25)31(30)36(45)46/h6-13,18-20,25-26,29-32H,4-5,14-17H2,1-3H3,(H,38,40)(H,39,41)(H,42,47)(H,45,46)/t20-,25?,26?,29+,30?,31+,32+/m1/s1. The Kier molecular flexibility index (Phi) is 8.98. The number of carbonyl (C=O) groups is 3. The van der Waals surface area contributed by atoms with Gasteiger partial charge in [-0.05, 0) is 73.1 Å². The highest BCUT2D eigenvalue weighted by Gasteiger charge is 2.52. The summed E-state index contributed by atoms with van der Waals surface area (Å²) in [6, 6.07) is 15.4. The molecule has 2 aromatic heterocycles. The van der Waals surface area contributed by atoms with E-state index in [1.54, 1.807) is 18.0 Å². The van der Waals surface area contributed by atoms with E-state index in [0.29, 0.717) is 18.3 Å². The number of carbonyl (C=O) groups excluding carboxylic acids is 2. The first kappa shape index (κ1) is 32.6. The summed E-state index contributed by atoms with van der Waals surface area (Å²) in [4.78, 5) is 55.4. The number of aromatic amines is 2. The minimum Gasteiger partial charge on any atom is -0.481 e. The number of imidazole rings is 2. The van der Waals surface area contributed by atoms with Crippen molar-refractivity contribution in [2.45, 2.75) is 63.1 Å². The van der Waals surface area contributed by atoms with Crippen molar-refractivity contribution >= 4 is 18.0 Å². The van der Waals surface area contributed by atoms with Crippen molar-refractivity contribution in [3.63, 3.8) is 0 Å². The topological polar surface area (TPSA) is 163 Å². The third-order valence-electron chi connectivity index (χ3n) is 10.9. The number of H-pyrrole nitrogens is 2. The largest absolute Gasteiger partial charge is 0.481 e. The molecule has 4 aromatic rings. The van der Waals surface area contributed by atoms with Gasteiger partial charge in [0, 0.05) is 19.6 Å². The van der Waals surface area contributed by atoms with Crippen LogP contribution in [0.15, 0.2) is 60.9 Å². The number of nitrogens with zero attached hydrogens (tertiary/aromatic N) is 3. The van der Waals surface area contributed by atoms with E-state index >= 15 is 0 Å². The predicted molar refractivity (Wildman–Crippen MR) is 181 cm³/mol. The van der Waals surface area contributed by atoms with Crippen LogP contribution in [-0.4, -0.2) is 80.8 Å². The van der Waals surface area contributed by atoms with Crippen LogP contribution in [0.25, 0.3) is 33.6 Å². The van der Waals surface area contributed by atoms with Crippen LogP contribution >= 0.6 is 0 Å². The molecule has 7 atom stereocenters. The Bertz CT molecular complexity index is 1820. The number of carboxylic acid groups (broad SMARTS) is 1. The maximum absolute atomic E-state index is 13.6. The second kappa shape index (κ2) is 13.5. The summed E-state index contributed by atoms with van der Waals surface area (Å²) >= 11 is 0. The van der Waals surface area contributed by atoms with Crippen LogP contribution in [0.4, 0.5) is 4.79 Å². The monoisotopic (exact) mass is 666 g/mol. The number of amides is 2. The maximum atomic E-state index is 13.6. The number of hydrogen-bond acceptors (Lipinski definition) is 7. The molecular formula is C37H42N6O6. The third-order valence-corrected chi connectivity index (χ3v) is 10.9. The molecular weight excluding hydrogens is 624 g/mol. The molecule has 0 spiro atoms. The van der Waals surface area contributed by atoms with Gasteiger partial charge in [0.15, 0.2) is 0 Å². The SMILES string of the molecule is COC(=O)N[C@H](C(=O)N1CCC[C@H]1c1ncc(-c2ccc(-c3ccc(-c4cnc(C5C6CCC(C6)[C@@H]5C(=O)O)[nH]4)cc3)cc2)[nH]1)[C@@H](C)OC. The van der Waals surface area contributed by atoms with Gasteiger partial charge >= 0.3 is 12.1 Å². The van der Waals surface area contributed by atoms with Crippen LogP contribution < -0.4 is 5.32 Å². The Morgan fingerprint density at radius 2 is 1.43 bits per heavy atom. The normalized spacial score (nSPS) is 24.1. The van der Waals surface area contributed by atoms with Gasteiger partial charge in [-0.3, -0.25) is 9.59 Å². The molecule has 1 aliphatic heterocycles. The molecule has 12 nitrogen and oxygen atoms in total. The van der Waals surface area contributed by atoms with Crippen molar-refractivity contribution in [2.75, 3.05) is 20.8 Å². The van der Waals surface area contributed by atoms with Crippen molar-refractivity contribution in [3.05, 3.63) is 72.6 Å². The number of alkyl carbamates (subject to hydrolysis) is 1. The Morgan fingerprint density at radius 1 is 0.857 bits per heavy atom. The first-order valence-electron chi connectivity index (χ1n) is 17.0. The fraction of sp³-hybridized carbons (Fsp3) is 0.432. The Morgan fingerprint density at radius 3 is 2.02 bits per heavy atom. The number of carboxylic acids is 1. The molecule has 2 saturated carbocycles. The van der Waals surface area contributed by atoms with E-state index in [9.17, 15) is 19.5 Å². The summed E-state index contributed by atoms with van der Waals surface area (Å²) in [6.07, 6.45) is 7.02. The van der Waals surface area contributed by atoms with Gasteiger partial charge in [-0.1, -0.05) is 48.5 Å². The van der Waals surface area contributed by atoms with Crippen LogP contribution in [0.1, 0.15) is 62.6 Å². The smallest absolute Gasteiger partial charge is 0.407 e. The quantitative estimate of drug-likeness (QED) is 0.166. The second-order valence-corrected chi connectivity index (χ2v) is 13.5. The lowest BCUT2D eigenvalue weighted by atomic mass is 9.79. The number of methoxy groups -OCH3 is 2. The summed E-state index contributed by atoms with van der Waals surface area (Å²) in [5.41, 5.74) is 5.85. The number of likely N-dealkylation sites (tertiary alicyclic amines) is 1. The molecule has 12 heteroatoms. The summed E-state index contributed by atoms with van der Waals surface area (Å²) < 4.78 is 10.1. The lowest BCUT2D eigenvalue weighted by Crippen LogP contribution is -2.54. The highest BCUT2D eigenvalue weighted by atomic mass is 16.5. The van der Waals surface area contributed by atoms with Crippen molar-refractivity contribution < 1.29 is 29.0 Å². The lowest BCUT2D eigenvalue weighted by Gasteiger charge is -2.30. The van der Waals surface area contributed by atoms with E-state index in [1.165, 1.54) is 14.2 Å². The van der Waals surface area contributed by atoms with Gasteiger partial charge in [0.05, 0.1) is 49.0 Å². The fourth-order valence-corrected chi connectivity index (χ4v) is 8.23. The number of aliphatic carboxylic acids is 1. The zero-order valence-corrected chi connectivity index (χ0v) is 27.9. The highest BCUT2D eigenvalue weighted by molar-refractivity contribution is 5.87. The molecule has 3 aliphatic rings. The Labute approximate surface area is 284 Å². The fourth-order valence-electron chi connectivity index (χ4n) is 8.23. The molecule has 2 bridgehead atoms. The first-order chi connectivity index (χ1) is 23.7. The first-order valence-corrected chi connectivity index (χ1v) is 17.0. The number of ether oxygens (including phenoxy) is 2. The van der Waals surface area contributed by atoms with Crippen LogP contribution in [0.2, 0.25) is 0 Å². The van der Waals surface area contributed by atoms with Crippen LogP contribution in [0.5, 0.6) is 0 Å². The predicted octanol–water partition coefficient (Wildman–Crippen LogP) is 5.77. The lowest BCUT2D eigenvalue weighted by molar-refractivity contribution is -0.144. The van der Waals surface area contributed by atoms with E-state index in [4.69, 9.17) is 9.47 Å². The minimum atomic E-state index is -0.885. The average Bonchev–Trinajstić information content (AvgIpc) is 3.98. The van der Waals surface area contributed by atoms with Crippen LogP contribution in [0, 0.1) is 17.8 Å². The number of aromatic nitrogens is 4. The van der Waals surface area contributed by atoms with Crippen LogP contribution in [-0.2, 0) is 19.1 Å². The van der Waals surface area contributed by atoms with Gasteiger partial charge in [0.2, 0.25) is 5.91 Å². The van der Waals surface area contributed by atoms with E-state index in [2.05, 4.69) is 61.7 Å². The molecule has 3 fully saturated rings. The number of hydrogen-bond donors (Lipinski definition) is 4. The van der Waals surface area contributed by atoms with E-state index in [0.717, 1.165) is 71.6 Å². The molecule has 4 N–H and O–H groups in total. The third kappa shape index (κ3) is 6.21. The van der Waals surface area contributed by atoms with Gasteiger partial charge in [-0.15, -0.1) is 0 Å². The van der Waals surface area contributed by atoms with Crippen molar-refractivity contribution in [1.29, 1.82) is 0 Å². The summed E-state index contributed by atoms with van der Waals surface area (Å²) in [5.74, 6) is 0.812. The average molecular weight is 667 g/mol. The molecule has 256 valence electrons. The molecule has 7 rings (SSSR count). The molecule has 0 radical (unpaired) electrons. The van der Waals surface area contributed by atoms with E-state index in [-0.39, 0.29) is 29.7 Å². The zero-order chi connectivity index (χ0) is 34.2. The Balaban J connectivity index is 1.02. The van der Waals surface area contributed by atoms with Crippen molar-refractivity contribution in [3.8, 4) is 33.6 Å². The maximum Gasteiger partial charge on any atom is 0.407 e. The van der Waals surface area contributed by atoms with Gasteiger partial charge in [-0.25, -0.2) is 14.8 Å². The molecule has 49 heavy (non-hydrogen) atoms. The summed E-state index contributed by atoms with van der Waals surface area (Å²) in [6.45, 7) is 2.29. The van der Waals surface area contributed by atoms with Gasteiger partial charge in [0.1, 0.15) is 17.7 Å². The second-order valence-electron chi connectivity index (χ2n) is 13.5. The molecule has 2 amide bonds. The van der Waals surface area contributed by atoms with Crippen molar-refractivity contribution in [1.82, 2.24) is 30.2 Å². The van der Waals surface area contributed by atoms with E-state index in [1.807, 2.05) is 18.3 Å². The number of fused-ring (bicyclic) bond motifs is 2. The van der Waals surface area contributed by atoms with Gasteiger partial charge in [-0.2, -0.15) is 0 Å². The highest BCUT2D eigenvalue weighted by Crippen LogP contribution is 2.56. The summed E-state index contributed by atoms with van der Waals surface area (Å²) in [7, 11) is 2.76. The molecule has 1 saturated heterocycles. The minimum absolute atomic E-state index is 0.0410. The van der Waals surface area contributed by atoms with Crippen molar-refractivity contribution in [2.24, 2.45) is 17.8 Å². The summed E-state index contributed by atoms with van der Waals surface area (Å²) in [5, 5.41) is 12.5.